The number of morpholine rings is 1. The maximum Gasteiger partial charge on any atom is 0.191 e. The zero-order chi connectivity index (χ0) is 18.5. The predicted molar refractivity (Wildman–Crippen MR) is 105 cm³/mol. The first-order valence-corrected chi connectivity index (χ1v) is 10.1. The van der Waals surface area contributed by atoms with Crippen molar-refractivity contribution in [1.82, 2.24) is 15.5 Å². The van der Waals surface area contributed by atoms with Gasteiger partial charge in [-0.15, -0.1) is 0 Å². The Labute approximate surface area is 158 Å². The van der Waals surface area contributed by atoms with Crippen molar-refractivity contribution in [2.75, 3.05) is 73.4 Å². The van der Waals surface area contributed by atoms with Crippen LogP contribution in [0.15, 0.2) is 4.99 Å². The van der Waals surface area contributed by atoms with E-state index in [1.54, 1.807) is 7.11 Å². The summed E-state index contributed by atoms with van der Waals surface area (Å²) in [5.74, 6) is 0.889. The molecule has 0 aromatic rings. The zero-order valence-corrected chi connectivity index (χ0v) is 16.7. The minimum absolute atomic E-state index is 0.253. The number of guanidine groups is 1. The van der Waals surface area contributed by atoms with E-state index in [-0.39, 0.29) is 5.54 Å². The molecule has 0 radical (unpaired) electrons. The monoisotopic (exact) mass is 370 g/mol. The van der Waals surface area contributed by atoms with E-state index in [4.69, 9.17) is 14.2 Å². The Bertz CT molecular complexity index is 394. The minimum Gasteiger partial charge on any atom is -0.382 e. The van der Waals surface area contributed by atoms with Gasteiger partial charge in [-0.3, -0.25) is 9.89 Å². The summed E-state index contributed by atoms with van der Waals surface area (Å²) < 4.78 is 16.0. The third-order valence-corrected chi connectivity index (χ3v) is 5.46. The number of nitrogens with zero attached hydrogens (tertiary/aromatic N) is 2. The summed E-state index contributed by atoms with van der Waals surface area (Å²) in [6, 6.07) is 0. The van der Waals surface area contributed by atoms with Crippen LogP contribution in [-0.4, -0.2) is 89.8 Å². The molecular weight excluding hydrogens is 332 g/mol. The summed E-state index contributed by atoms with van der Waals surface area (Å²) >= 11 is 0. The van der Waals surface area contributed by atoms with Crippen LogP contribution in [0.5, 0.6) is 0 Å². The van der Waals surface area contributed by atoms with Gasteiger partial charge in [-0.1, -0.05) is 19.3 Å². The van der Waals surface area contributed by atoms with Gasteiger partial charge < -0.3 is 24.8 Å². The van der Waals surface area contributed by atoms with Crippen LogP contribution in [0.2, 0.25) is 0 Å². The number of ether oxygens (including phenoxy) is 3. The molecule has 1 saturated carbocycles. The maximum absolute atomic E-state index is 5.57. The summed E-state index contributed by atoms with van der Waals surface area (Å²) in [6.07, 6.45) is 7.50. The molecule has 2 rings (SSSR count). The number of aliphatic imine (C=N–C) groups is 1. The van der Waals surface area contributed by atoms with Crippen LogP contribution in [0.25, 0.3) is 0 Å². The van der Waals surface area contributed by atoms with Crippen molar-refractivity contribution in [2.45, 2.75) is 44.1 Å². The van der Waals surface area contributed by atoms with Gasteiger partial charge in [0.25, 0.3) is 0 Å². The number of hydrogen-bond donors (Lipinski definition) is 2. The number of rotatable bonds is 10. The molecule has 0 bridgehead atoms. The molecule has 2 N–H and O–H groups in total. The molecule has 1 heterocycles. The van der Waals surface area contributed by atoms with Gasteiger partial charge in [0.2, 0.25) is 0 Å². The van der Waals surface area contributed by atoms with E-state index in [2.05, 4.69) is 20.5 Å². The van der Waals surface area contributed by atoms with Crippen LogP contribution in [0.4, 0.5) is 0 Å². The largest absolute Gasteiger partial charge is 0.382 e. The van der Waals surface area contributed by atoms with Crippen molar-refractivity contribution in [3.63, 3.8) is 0 Å². The molecule has 0 atom stereocenters. The number of methoxy groups -OCH3 is 1. The highest BCUT2D eigenvalue weighted by Gasteiger charge is 2.38. The van der Waals surface area contributed by atoms with Crippen molar-refractivity contribution in [1.29, 1.82) is 0 Å². The molecule has 7 nitrogen and oxygen atoms in total. The molecule has 2 aliphatic rings. The lowest BCUT2D eigenvalue weighted by Crippen LogP contribution is -2.60. The number of nitrogens with one attached hydrogen (secondary N) is 2. The van der Waals surface area contributed by atoms with Crippen LogP contribution < -0.4 is 10.6 Å². The predicted octanol–water partition coefficient (Wildman–Crippen LogP) is 1.24. The summed E-state index contributed by atoms with van der Waals surface area (Å²) in [5.41, 5.74) is 0.253. The summed E-state index contributed by atoms with van der Waals surface area (Å²) in [7, 11) is 3.53. The Hall–Kier alpha value is -0.890. The minimum atomic E-state index is 0.253. The fourth-order valence-corrected chi connectivity index (χ4v) is 3.95. The first-order chi connectivity index (χ1) is 12.8. The molecule has 0 spiro atoms. The molecule has 0 aromatic heterocycles. The smallest absolute Gasteiger partial charge is 0.191 e. The summed E-state index contributed by atoms with van der Waals surface area (Å²) in [5, 5.41) is 6.99. The highest BCUT2D eigenvalue weighted by atomic mass is 16.5. The fraction of sp³-hybridized carbons (Fsp3) is 0.947. The highest BCUT2D eigenvalue weighted by molar-refractivity contribution is 5.79. The Morgan fingerprint density at radius 3 is 2.54 bits per heavy atom. The molecule has 0 amide bonds. The van der Waals surface area contributed by atoms with E-state index in [0.717, 1.165) is 58.4 Å². The summed E-state index contributed by atoms with van der Waals surface area (Å²) in [4.78, 5) is 7.04. The first kappa shape index (κ1) is 21.4. The van der Waals surface area contributed by atoms with E-state index >= 15 is 0 Å². The molecule has 0 unspecified atom stereocenters. The first-order valence-electron chi connectivity index (χ1n) is 10.1. The van der Waals surface area contributed by atoms with Crippen LogP contribution in [0, 0.1) is 0 Å². The van der Waals surface area contributed by atoms with Crippen molar-refractivity contribution in [3.8, 4) is 0 Å². The van der Waals surface area contributed by atoms with Gasteiger partial charge >= 0.3 is 0 Å². The van der Waals surface area contributed by atoms with Gasteiger partial charge in [-0.05, 0) is 19.3 Å². The van der Waals surface area contributed by atoms with E-state index < -0.39 is 0 Å². The Kier molecular flexibility index (Phi) is 10.3. The molecule has 26 heavy (non-hydrogen) atoms. The maximum atomic E-state index is 5.57. The van der Waals surface area contributed by atoms with Gasteiger partial charge in [-0.25, -0.2) is 0 Å². The van der Waals surface area contributed by atoms with Crippen LogP contribution in [-0.2, 0) is 14.2 Å². The fourth-order valence-electron chi connectivity index (χ4n) is 3.95. The Morgan fingerprint density at radius 2 is 1.85 bits per heavy atom. The third-order valence-electron chi connectivity index (χ3n) is 5.46. The quantitative estimate of drug-likeness (QED) is 0.343. The van der Waals surface area contributed by atoms with E-state index in [0.29, 0.717) is 13.2 Å². The van der Waals surface area contributed by atoms with Crippen LogP contribution in [0.1, 0.15) is 38.5 Å². The summed E-state index contributed by atoms with van der Waals surface area (Å²) in [6.45, 7) is 7.68. The van der Waals surface area contributed by atoms with Crippen molar-refractivity contribution in [3.05, 3.63) is 0 Å². The average molecular weight is 371 g/mol. The lowest BCUT2D eigenvalue weighted by atomic mass is 9.80. The van der Waals surface area contributed by atoms with E-state index in [9.17, 15) is 0 Å². The highest BCUT2D eigenvalue weighted by Crippen LogP contribution is 2.33. The van der Waals surface area contributed by atoms with Crippen molar-refractivity contribution in [2.24, 2.45) is 4.99 Å². The van der Waals surface area contributed by atoms with Gasteiger partial charge in [0.1, 0.15) is 0 Å². The lowest BCUT2D eigenvalue weighted by molar-refractivity contribution is -0.0352. The SMILES string of the molecule is CN=C(NCCCOCCOC)NCC1(N2CCOCC2)CCCCC1. The molecule has 1 saturated heterocycles. The second kappa shape index (κ2) is 12.5. The van der Waals surface area contributed by atoms with Gasteiger partial charge in [0, 0.05) is 52.5 Å². The van der Waals surface area contributed by atoms with Crippen LogP contribution >= 0.6 is 0 Å². The second-order valence-corrected chi connectivity index (χ2v) is 7.20. The average Bonchev–Trinajstić information content (AvgIpc) is 2.71. The third kappa shape index (κ3) is 7.02. The van der Waals surface area contributed by atoms with Crippen LogP contribution in [0.3, 0.4) is 0 Å². The standard InChI is InChI=1S/C19H38N4O3/c1-20-18(21-9-6-12-25-16-15-24-2)22-17-19(7-4-3-5-8-19)23-10-13-26-14-11-23/h3-17H2,1-2H3,(H2,20,21,22). The second-order valence-electron chi connectivity index (χ2n) is 7.20. The number of hydrogen-bond acceptors (Lipinski definition) is 5. The normalized spacial score (nSPS) is 21.5. The molecule has 2 fully saturated rings. The topological polar surface area (TPSA) is 67.4 Å². The molecule has 1 aliphatic carbocycles. The van der Waals surface area contributed by atoms with Crippen molar-refractivity contribution >= 4 is 5.96 Å². The molecule has 1 aliphatic heterocycles. The Balaban J connectivity index is 1.73. The van der Waals surface area contributed by atoms with Gasteiger partial charge in [-0.2, -0.15) is 0 Å². The van der Waals surface area contributed by atoms with E-state index in [1.807, 2.05) is 7.05 Å². The molecule has 0 aromatic carbocycles. The lowest BCUT2D eigenvalue weighted by Gasteiger charge is -2.48. The molecule has 152 valence electrons. The van der Waals surface area contributed by atoms with Gasteiger partial charge in [0.05, 0.1) is 26.4 Å². The molecular formula is C19H38N4O3. The van der Waals surface area contributed by atoms with Crippen molar-refractivity contribution < 1.29 is 14.2 Å². The molecule has 7 heteroatoms. The Morgan fingerprint density at radius 1 is 1.08 bits per heavy atom. The van der Waals surface area contributed by atoms with Gasteiger partial charge in [0.15, 0.2) is 5.96 Å². The van der Waals surface area contributed by atoms with E-state index in [1.165, 1.54) is 32.1 Å². The zero-order valence-electron chi connectivity index (χ0n) is 16.7.